The third kappa shape index (κ3) is 9.93. The number of nitrogen functional groups attached to an aromatic ring is 1. The van der Waals surface area contributed by atoms with Gasteiger partial charge in [0.2, 0.25) is 11.8 Å². The van der Waals surface area contributed by atoms with Crippen LogP contribution in [0.15, 0.2) is 0 Å². The molecule has 0 bridgehead atoms. The zero-order valence-corrected chi connectivity index (χ0v) is 31.4. The molecular formula is C28H47IN7O10P. The predicted octanol–water partition coefficient (Wildman–Crippen LogP) is 2.29. The smallest absolute Gasteiger partial charge is 0.342 e. The van der Waals surface area contributed by atoms with E-state index in [1.165, 1.54) is 32.4 Å². The summed E-state index contributed by atoms with van der Waals surface area (Å²) in [5.74, 6) is -1.42. The first kappa shape index (κ1) is 39.3. The van der Waals surface area contributed by atoms with Crippen molar-refractivity contribution < 1.29 is 47.8 Å². The molecule has 0 aromatic carbocycles. The Morgan fingerprint density at radius 3 is 2.04 bits per heavy atom. The number of ether oxygens (including phenoxy) is 4. The number of nitrogens with one attached hydrogen (secondary N) is 2. The summed E-state index contributed by atoms with van der Waals surface area (Å²) in [6.45, 7) is 15.2. The van der Waals surface area contributed by atoms with Gasteiger partial charge in [0, 0.05) is 22.6 Å². The molecule has 0 saturated carbocycles. The van der Waals surface area contributed by atoms with Crippen molar-refractivity contribution in [2.24, 2.45) is 10.8 Å². The number of nitrogens with two attached hydrogens (primary N) is 1. The van der Waals surface area contributed by atoms with Crippen molar-refractivity contribution in [3.05, 3.63) is 3.83 Å². The molecule has 3 rings (SSSR count). The van der Waals surface area contributed by atoms with Gasteiger partial charge in [0.05, 0.1) is 26.9 Å². The molecule has 2 aromatic rings. The molecule has 0 radical (unpaired) electrons. The Morgan fingerprint density at radius 1 is 1.06 bits per heavy atom. The van der Waals surface area contributed by atoms with E-state index in [2.05, 4.69) is 25.1 Å². The van der Waals surface area contributed by atoms with E-state index in [0.29, 0.717) is 3.83 Å². The van der Waals surface area contributed by atoms with Crippen molar-refractivity contribution in [3.63, 3.8) is 0 Å². The van der Waals surface area contributed by atoms with Crippen LogP contribution in [0.5, 0.6) is 5.88 Å². The number of methoxy groups -OCH3 is 1. The van der Waals surface area contributed by atoms with Crippen molar-refractivity contribution in [3.8, 4) is 5.88 Å². The van der Waals surface area contributed by atoms with Crippen LogP contribution in [-0.2, 0) is 32.9 Å². The number of aliphatic hydroxyl groups is 2. The standard InChI is InChI=1S/C28H47IN7O10P/c1-14(21(38)43-12-26(3,4)5)34-47(41,35-15(2)22(39)44-13-27(6,7)8)45-11-16-18(37)28(9,40)23(46-16)36-19-17(31-24(36)29)20(42-10)33-25(30)32-19/h14-16,18,23,37,40H,11-13H2,1-10H3,(H2,30,32,33)(H2,34,35,41)/t14-,15-,16+,18+,23+,28+/m0/s1. The van der Waals surface area contributed by atoms with Gasteiger partial charge in [-0.25, -0.2) is 15.2 Å². The van der Waals surface area contributed by atoms with Gasteiger partial charge >= 0.3 is 19.6 Å². The zero-order chi connectivity index (χ0) is 35.7. The molecule has 266 valence electrons. The molecule has 6 atom stereocenters. The molecule has 0 unspecified atom stereocenters. The molecule has 3 heterocycles. The van der Waals surface area contributed by atoms with E-state index in [-0.39, 0.29) is 47.0 Å². The number of carbonyl (C=O) groups is 2. The van der Waals surface area contributed by atoms with Gasteiger partial charge in [0.1, 0.15) is 29.9 Å². The van der Waals surface area contributed by atoms with Gasteiger partial charge in [0.25, 0.3) is 0 Å². The van der Waals surface area contributed by atoms with Crippen LogP contribution in [-0.4, -0.2) is 98.5 Å². The highest BCUT2D eigenvalue weighted by Crippen LogP contribution is 2.45. The van der Waals surface area contributed by atoms with Gasteiger partial charge in [-0.2, -0.15) is 9.97 Å². The largest absolute Gasteiger partial charge is 0.479 e. The van der Waals surface area contributed by atoms with Crippen molar-refractivity contribution in [1.82, 2.24) is 29.7 Å². The first-order valence-corrected chi connectivity index (χ1v) is 17.6. The first-order chi connectivity index (χ1) is 21.5. The van der Waals surface area contributed by atoms with Crippen LogP contribution in [0.25, 0.3) is 11.2 Å². The molecule has 0 amide bonds. The van der Waals surface area contributed by atoms with Crippen LogP contribution in [0.2, 0.25) is 0 Å². The maximum absolute atomic E-state index is 14.2. The molecule has 1 aliphatic heterocycles. The molecule has 1 fully saturated rings. The van der Waals surface area contributed by atoms with Crippen LogP contribution >= 0.6 is 30.3 Å². The van der Waals surface area contributed by atoms with E-state index in [0.717, 1.165) is 0 Å². The van der Waals surface area contributed by atoms with Crippen LogP contribution in [0.3, 0.4) is 0 Å². The zero-order valence-electron chi connectivity index (χ0n) is 28.4. The van der Waals surface area contributed by atoms with Gasteiger partial charge in [-0.3, -0.25) is 18.7 Å². The fourth-order valence-electron chi connectivity index (χ4n) is 4.37. The lowest BCUT2D eigenvalue weighted by Gasteiger charge is -2.29. The Balaban J connectivity index is 1.86. The summed E-state index contributed by atoms with van der Waals surface area (Å²) in [5, 5.41) is 27.9. The van der Waals surface area contributed by atoms with E-state index in [1.54, 1.807) is 0 Å². The van der Waals surface area contributed by atoms with Gasteiger partial charge in [0.15, 0.2) is 21.2 Å². The minimum atomic E-state index is -4.28. The maximum atomic E-state index is 14.2. The highest BCUT2D eigenvalue weighted by molar-refractivity contribution is 14.1. The maximum Gasteiger partial charge on any atom is 0.342 e. The number of anilines is 1. The molecule has 17 nitrogen and oxygen atoms in total. The van der Waals surface area contributed by atoms with E-state index in [1.807, 2.05) is 64.1 Å². The summed E-state index contributed by atoms with van der Waals surface area (Å²) in [4.78, 5) is 38.2. The summed E-state index contributed by atoms with van der Waals surface area (Å²) in [5.41, 5.74) is 3.72. The monoisotopic (exact) mass is 799 g/mol. The minimum absolute atomic E-state index is 0.102. The Morgan fingerprint density at radius 2 is 1.57 bits per heavy atom. The van der Waals surface area contributed by atoms with Gasteiger partial charge in [-0.05, 0) is 31.6 Å². The molecule has 0 aliphatic carbocycles. The van der Waals surface area contributed by atoms with Crippen molar-refractivity contribution >= 4 is 59.3 Å². The van der Waals surface area contributed by atoms with Gasteiger partial charge < -0.3 is 39.4 Å². The molecule has 19 heteroatoms. The number of rotatable bonds is 13. The number of nitrogens with zero attached hydrogens (tertiary/aromatic N) is 4. The molecule has 47 heavy (non-hydrogen) atoms. The predicted molar refractivity (Wildman–Crippen MR) is 179 cm³/mol. The Hall–Kier alpha value is -2.19. The summed E-state index contributed by atoms with van der Waals surface area (Å²) >= 11 is 1.91. The van der Waals surface area contributed by atoms with Gasteiger partial charge in [-0.15, -0.1) is 0 Å². The number of fused-ring (bicyclic) bond motifs is 1. The summed E-state index contributed by atoms with van der Waals surface area (Å²) in [7, 11) is -2.89. The van der Waals surface area contributed by atoms with E-state index < -0.39 is 62.3 Å². The molecular weight excluding hydrogens is 752 g/mol. The van der Waals surface area contributed by atoms with E-state index in [4.69, 9.17) is 29.2 Å². The normalized spacial score (nSPS) is 23.5. The second kappa shape index (κ2) is 14.7. The fraction of sp³-hybridized carbons (Fsp3) is 0.750. The second-order valence-corrected chi connectivity index (χ2v) is 16.9. The average molecular weight is 800 g/mol. The summed E-state index contributed by atoms with van der Waals surface area (Å²) < 4.78 is 43.8. The SMILES string of the molecule is COc1nc(N)nc2c1nc(I)n2[C@@H]1O[C@H](COP(=O)(N[C@@H](C)C(=O)OCC(C)(C)C)N[C@@H](C)C(=O)OCC(C)(C)C)[C@@H](O)[C@@]1(C)O. The second-order valence-electron chi connectivity index (χ2n) is 14.1. The molecule has 1 saturated heterocycles. The lowest BCUT2D eigenvalue weighted by Crippen LogP contribution is -2.46. The molecule has 0 spiro atoms. The minimum Gasteiger partial charge on any atom is -0.479 e. The Kier molecular flexibility index (Phi) is 12.3. The number of aromatic nitrogens is 4. The fourth-order valence-corrected chi connectivity index (χ4v) is 6.91. The number of carbonyl (C=O) groups excluding carboxylic acids is 2. The third-order valence-electron chi connectivity index (χ3n) is 6.81. The summed E-state index contributed by atoms with van der Waals surface area (Å²) in [6, 6.07) is -2.28. The van der Waals surface area contributed by atoms with E-state index >= 15 is 0 Å². The number of esters is 2. The lowest BCUT2D eigenvalue weighted by atomic mass is 9.96. The van der Waals surface area contributed by atoms with Crippen molar-refractivity contribution in [2.45, 2.75) is 98.4 Å². The number of aliphatic hydroxyl groups excluding tert-OH is 1. The summed E-state index contributed by atoms with van der Waals surface area (Å²) in [6.07, 6.45) is -4.09. The number of hydrogen-bond acceptors (Lipinski definition) is 14. The molecule has 6 N–H and O–H groups in total. The Bertz CT molecular complexity index is 1450. The van der Waals surface area contributed by atoms with Gasteiger partial charge in [-0.1, -0.05) is 41.5 Å². The third-order valence-corrected chi connectivity index (χ3v) is 9.54. The lowest BCUT2D eigenvalue weighted by molar-refractivity contribution is -0.148. The van der Waals surface area contributed by atoms with Crippen molar-refractivity contribution in [2.75, 3.05) is 32.7 Å². The highest BCUT2D eigenvalue weighted by atomic mass is 127. The van der Waals surface area contributed by atoms with Crippen molar-refractivity contribution in [1.29, 1.82) is 0 Å². The number of halogens is 1. The number of hydrogen-bond donors (Lipinski definition) is 5. The van der Waals surface area contributed by atoms with Crippen LogP contribution in [0.4, 0.5) is 5.95 Å². The molecule has 2 aromatic heterocycles. The first-order valence-electron chi connectivity index (χ1n) is 14.9. The quantitative estimate of drug-likeness (QED) is 0.0847. The number of imidazole rings is 1. The van der Waals surface area contributed by atoms with Crippen LogP contribution in [0, 0.1) is 14.7 Å². The molecule has 1 aliphatic rings. The highest BCUT2D eigenvalue weighted by Gasteiger charge is 2.54. The van der Waals surface area contributed by atoms with Crippen LogP contribution in [0.1, 0.15) is 68.5 Å². The van der Waals surface area contributed by atoms with Crippen LogP contribution < -0.4 is 20.6 Å². The topological polar surface area (TPSA) is 231 Å². The average Bonchev–Trinajstić information content (AvgIpc) is 3.38. The Labute approximate surface area is 287 Å². The van der Waals surface area contributed by atoms with E-state index in [9.17, 15) is 24.4 Å².